The smallest absolute Gasteiger partial charge is 0.0133 e. The molecule has 0 spiro atoms. The van der Waals surface area contributed by atoms with Crippen LogP contribution in [0.25, 0.3) is 0 Å². The van der Waals surface area contributed by atoms with E-state index >= 15 is 0 Å². The molecule has 74 valence electrons. The summed E-state index contributed by atoms with van der Waals surface area (Å²) in [6.07, 6.45) is 4.87. The zero-order chi connectivity index (χ0) is 10.2. The van der Waals surface area contributed by atoms with E-state index < -0.39 is 0 Å². The highest BCUT2D eigenvalue weighted by Gasteiger charge is 2.31. The Balaban J connectivity index is 2.39. The van der Waals surface area contributed by atoms with E-state index in [0.29, 0.717) is 5.41 Å². The first-order valence-electron chi connectivity index (χ1n) is 5.37. The van der Waals surface area contributed by atoms with Crippen LogP contribution in [0.2, 0.25) is 0 Å². The first-order valence-corrected chi connectivity index (χ1v) is 5.37. The Kier molecular flexibility index (Phi) is 2.22. The molecular weight excluding hydrogens is 168 g/mol. The summed E-state index contributed by atoms with van der Waals surface area (Å²) < 4.78 is 0. The summed E-state index contributed by atoms with van der Waals surface area (Å²) in [6, 6.07) is 8.98. The summed E-state index contributed by atoms with van der Waals surface area (Å²) >= 11 is 0. The van der Waals surface area contributed by atoms with E-state index in [1.807, 2.05) is 0 Å². The van der Waals surface area contributed by atoms with Crippen molar-refractivity contribution in [2.75, 3.05) is 0 Å². The van der Waals surface area contributed by atoms with E-state index in [4.69, 9.17) is 0 Å². The van der Waals surface area contributed by atoms with Crippen LogP contribution in [0, 0.1) is 6.92 Å². The molecule has 1 aliphatic carbocycles. The van der Waals surface area contributed by atoms with Crippen LogP contribution < -0.4 is 0 Å². The van der Waals surface area contributed by atoms with Crippen molar-refractivity contribution in [2.45, 2.75) is 39.0 Å². The molecule has 0 aromatic heterocycles. The average Bonchev–Trinajstić information content (AvgIpc) is 2.49. The largest absolute Gasteiger partial charge is 0.0847 e. The number of allylic oxidation sites excluding steroid dienone is 2. The zero-order valence-corrected chi connectivity index (χ0v) is 9.30. The minimum atomic E-state index is 0.299. The summed E-state index contributed by atoms with van der Waals surface area (Å²) in [5.41, 5.74) is 4.64. The Morgan fingerprint density at radius 3 is 2.21 bits per heavy atom. The topological polar surface area (TPSA) is 0 Å². The van der Waals surface area contributed by atoms with Gasteiger partial charge < -0.3 is 0 Å². The maximum absolute atomic E-state index is 2.37. The van der Waals surface area contributed by atoms with E-state index in [1.54, 1.807) is 0 Å². The van der Waals surface area contributed by atoms with Crippen LogP contribution >= 0.6 is 0 Å². The predicted molar refractivity (Wildman–Crippen MR) is 61.5 cm³/mol. The lowest BCUT2D eigenvalue weighted by molar-refractivity contribution is 0.550. The van der Waals surface area contributed by atoms with E-state index in [9.17, 15) is 0 Å². The summed E-state index contributed by atoms with van der Waals surface area (Å²) in [4.78, 5) is 0. The Morgan fingerprint density at radius 1 is 1.07 bits per heavy atom. The molecule has 1 aromatic carbocycles. The monoisotopic (exact) mass is 186 g/mol. The minimum Gasteiger partial charge on any atom is -0.0847 e. The first-order chi connectivity index (χ1) is 6.63. The van der Waals surface area contributed by atoms with E-state index in [2.05, 4.69) is 51.1 Å². The molecule has 0 heterocycles. The van der Waals surface area contributed by atoms with Crippen LogP contribution in [-0.2, 0) is 5.41 Å². The van der Waals surface area contributed by atoms with Crippen LogP contribution in [0.3, 0.4) is 0 Å². The molecule has 0 aliphatic heterocycles. The van der Waals surface area contributed by atoms with Crippen molar-refractivity contribution in [3.8, 4) is 0 Å². The summed E-state index contributed by atoms with van der Waals surface area (Å²) in [5.74, 6) is 0. The van der Waals surface area contributed by atoms with Gasteiger partial charge in [0.05, 0.1) is 0 Å². The van der Waals surface area contributed by atoms with Crippen LogP contribution in [0.4, 0.5) is 0 Å². The fraction of sp³-hybridized carbons (Fsp3) is 0.429. The van der Waals surface area contributed by atoms with E-state index in [1.165, 1.54) is 29.5 Å². The van der Waals surface area contributed by atoms with Gasteiger partial charge in [-0.3, -0.25) is 0 Å². The molecule has 14 heavy (non-hydrogen) atoms. The molecule has 1 unspecified atom stereocenters. The first kappa shape index (κ1) is 9.51. The van der Waals surface area contributed by atoms with Crippen LogP contribution in [0.5, 0.6) is 0 Å². The average molecular weight is 186 g/mol. The zero-order valence-electron chi connectivity index (χ0n) is 9.30. The fourth-order valence-corrected chi connectivity index (χ4v) is 2.29. The Morgan fingerprint density at radius 2 is 1.71 bits per heavy atom. The molecule has 0 radical (unpaired) electrons. The number of hydrogen-bond acceptors (Lipinski definition) is 0. The third-order valence-electron chi connectivity index (χ3n) is 3.65. The Labute approximate surface area is 86.7 Å². The molecular formula is C14H18. The molecule has 0 saturated carbocycles. The van der Waals surface area contributed by atoms with E-state index in [0.717, 1.165) is 0 Å². The van der Waals surface area contributed by atoms with Crippen molar-refractivity contribution in [3.63, 3.8) is 0 Å². The molecule has 1 aliphatic rings. The molecule has 0 saturated heterocycles. The van der Waals surface area contributed by atoms with Gasteiger partial charge in [-0.2, -0.15) is 0 Å². The number of benzene rings is 1. The third-order valence-corrected chi connectivity index (χ3v) is 3.65. The van der Waals surface area contributed by atoms with Crippen molar-refractivity contribution < 1.29 is 0 Å². The quantitative estimate of drug-likeness (QED) is 0.582. The maximum Gasteiger partial charge on any atom is 0.0133 e. The lowest BCUT2D eigenvalue weighted by Gasteiger charge is -2.27. The summed E-state index contributed by atoms with van der Waals surface area (Å²) in [5, 5.41) is 0. The van der Waals surface area contributed by atoms with Gasteiger partial charge in [0, 0.05) is 5.41 Å². The molecule has 1 atom stereocenters. The van der Waals surface area contributed by atoms with Gasteiger partial charge in [-0.1, -0.05) is 48.4 Å². The van der Waals surface area contributed by atoms with Gasteiger partial charge >= 0.3 is 0 Å². The maximum atomic E-state index is 2.37. The molecule has 0 nitrogen and oxygen atoms in total. The summed E-state index contributed by atoms with van der Waals surface area (Å²) in [7, 11) is 0. The van der Waals surface area contributed by atoms with Crippen molar-refractivity contribution in [2.24, 2.45) is 0 Å². The number of rotatable bonds is 1. The van der Waals surface area contributed by atoms with Crippen LogP contribution in [0.1, 0.15) is 37.8 Å². The van der Waals surface area contributed by atoms with Gasteiger partial charge in [0.25, 0.3) is 0 Å². The van der Waals surface area contributed by atoms with Gasteiger partial charge in [-0.25, -0.2) is 0 Å². The number of hydrogen-bond donors (Lipinski definition) is 0. The highest BCUT2D eigenvalue weighted by Crippen LogP contribution is 2.41. The van der Waals surface area contributed by atoms with Gasteiger partial charge in [0.2, 0.25) is 0 Å². The summed E-state index contributed by atoms with van der Waals surface area (Å²) in [6.45, 7) is 6.76. The SMILES string of the molecule is CC1=CCCC1(C)c1ccc(C)cc1. The van der Waals surface area contributed by atoms with Crippen LogP contribution in [0.15, 0.2) is 35.9 Å². The molecule has 2 rings (SSSR count). The van der Waals surface area contributed by atoms with Gasteiger partial charge in [0.1, 0.15) is 0 Å². The Bertz CT molecular complexity index is 356. The molecule has 0 heteroatoms. The highest BCUT2D eigenvalue weighted by molar-refractivity contribution is 5.38. The Hall–Kier alpha value is -1.04. The van der Waals surface area contributed by atoms with Crippen LogP contribution in [-0.4, -0.2) is 0 Å². The number of aryl methyl sites for hydroxylation is 1. The normalized spacial score (nSPS) is 26.4. The fourth-order valence-electron chi connectivity index (χ4n) is 2.29. The van der Waals surface area contributed by atoms with Crippen molar-refractivity contribution in [3.05, 3.63) is 47.0 Å². The molecule has 1 aromatic rings. The molecule has 0 N–H and O–H groups in total. The highest BCUT2D eigenvalue weighted by atomic mass is 14.3. The second kappa shape index (κ2) is 3.27. The minimum absolute atomic E-state index is 0.299. The van der Waals surface area contributed by atoms with Gasteiger partial charge in [0.15, 0.2) is 0 Å². The second-order valence-electron chi connectivity index (χ2n) is 4.62. The lowest BCUT2D eigenvalue weighted by atomic mass is 9.77. The standard InChI is InChI=1S/C14H18/c1-11-6-8-13(9-7-11)14(3)10-4-5-12(14)2/h5-9H,4,10H2,1-3H3. The molecule has 0 fully saturated rings. The molecule has 0 bridgehead atoms. The van der Waals surface area contributed by atoms with Gasteiger partial charge in [-0.05, 0) is 32.3 Å². The third kappa shape index (κ3) is 1.39. The van der Waals surface area contributed by atoms with Crippen molar-refractivity contribution in [1.82, 2.24) is 0 Å². The van der Waals surface area contributed by atoms with Crippen molar-refractivity contribution >= 4 is 0 Å². The van der Waals surface area contributed by atoms with Gasteiger partial charge in [-0.15, -0.1) is 0 Å². The lowest BCUT2D eigenvalue weighted by Crippen LogP contribution is -2.19. The molecule has 0 amide bonds. The van der Waals surface area contributed by atoms with Crippen molar-refractivity contribution in [1.29, 1.82) is 0 Å². The second-order valence-corrected chi connectivity index (χ2v) is 4.62. The van der Waals surface area contributed by atoms with E-state index in [-0.39, 0.29) is 0 Å². The predicted octanol–water partition coefficient (Wildman–Crippen LogP) is 3.99.